The van der Waals surface area contributed by atoms with Crippen LogP contribution in [0.2, 0.25) is 0 Å². The highest BCUT2D eigenvalue weighted by molar-refractivity contribution is 5.76. The maximum Gasteiger partial charge on any atom is 0.221 e. The van der Waals surface area contributed by atoms with Gasteiger partial charge in [0.1, 0.15) is 0 Å². The first kappa shape index (κ1) is 13.5. The molecule has 2 N–H and O–H groups in total. The largest absolute Gasteiger partial charge is 0.354 e. The van der Waals surface area contributed by atoms with Crippen LogP contribution in [0.15, 0.2) is 0 Å². The highest BCUT2D eigenvalue weighted by Gasteiger charge is 2.29. The molecule has 16 heavy (non-hydrogen) atoms. The molecule has 2 unspecified atom stereocenters. The Morgan fingerprint density at radius 3 is 2.50 bits per heavy atom. The van der Waals surface area contributed by atoms with Crippen LogP contribution in [0.25, 0.3) is 0 Å². The summed E-state index contributed by atoms with van der Waals surface area (Å²) < 4.78 is 0. The Balaban J connectivity index is 2.07. The van der Waals surface area contributed by atoms with Crippen molar-refractivity contribution in [1.29, 1.82) is 0 Å². The molecular weight excluding hydrogens is 200 g/mol. The molecule has 0 aromatic heterocycles. The standard InChI is InChI=1S/C13H26N2O/c1-4-10(3)15-13(16)8-9-14-12(5-2)11-6-7-11/h10-12,14H,4-9H2,1-3H3,(H,15,16). The molecule has 1 rings (SSSR count). The van der Waals surface area contributed by atoms with Crippen molar-refractivity contribution in [2.24, 2.45) is 5.92 Å². The molecule has 1 saturated carbocycles. The topological polar surface area (TPSA) is 41.1 Å². The molecule has 3 heteroatoms. The van der Waals surface area contributed by atoms with Crippen molar-refractivity contribution in [2.75, 3.05) is 6.54 Å². The second-order valence-electron chi connectivity index (χ2n) is 4.93. The molecular formula is C13H26N2O. The van der Waals surface area contributed by atoms with Gasteiger partial charge in [-0.25, -0.2) is 0 Å². The number of carbonyl (C=O) groups is 1. The summed E-state index contributed by atoms with van der Waals surface area (Å²) in [5.41, 5.74) is 0. The van der Waals surface area contributed by atoms with Crippen molar-refractivity contribution in [3.63, 3.8) is 0 Å². The Morgan fingerprint density at radius 1 is 1.31 bits per heavy atom. The fourth-order valence-corrected chi connectivity index (χ4v) is 1.96. The van der Waals surface area contributed by atoms with E-state index in [1.54, 1.807) is 0 Å². The Labute approximate surface area is 99.4 Å². The second kappa shape index (κ2) is 6.89. The summed E-state index contributed by atoms with van der Waals surface area (Å²) in [7, 11) is 0. The molecule has 0 heterocycles. The van der Waals surface area contributed by atoms with E-state index in [0.717, 1.165) is 18.9 Å². The third-order valence-electron chi connectivity index (χ3n) is 3.41. The van der Waals surface area contributed by atoms with Crippen LogP contribution in [-0.2, 0) is 4.79 Å². The smallest absolute Gasteiger partial charge is 0.221 e. The lowest BCUT2D eigenvalue weighted by atomic mass is 10.1. The van der Waals surface area contributed by atoms with Gasteiger partial charge < -0.3 is 10.6 Å². The zero-order chi connectivity index (χ0) is 12.0. The van der Waals surface area contributed by atoms with Gasteiger partial charge in [0.05, 0.1) is 0 Å². The monoisotopic (exact) mass is 226 g/mol. The Bertz CT molecular complexity index is 214. The molecule has 0 aliphatic heterocycles. The lowest BCUT2D eigenvalue weighted by Crippen LogP contribution is -2.37. The van der Waals surface area contributed by atoms with Gasteiger partial charge in [-0.2, -0.15) is 0 Å². The first-order chi connectivity index (χ1) is 7.67. The SMILES string of the molecule is CCC(C)NC(=O)CCNC(CC)C1CC1. The van der Waals surface area contributed by atoms with Crippen molar-refractivity contribution in [2.45, 2.75) is 65.0 Å². The molecule has 1 fully saturated rings. The van der Waals surface area contributed by atoms with Crippen LogP contribution >= 0.6 is 0 Å². The molecule has 1 amide bonds. The Kier molecular flexibility index (Phi) is 5.81. The van der Waals surface area contributed by atoms with Crippen molar-refractivity contribution in [3.05, 3.63) is 0 Å². The van der Waals surface area contributed by atoms with E-state index >= 15 is 0 Å². The first-order valence-electron chi connectivity index (χ1n) is 6.70. The highest BCUT2D eigenvalue weighted by Crippen LogP contribution is 2.33. The van der Waals surface area contributed by atoms with Crippen LogP contribution < -0.4 is 10.6 Å². The number of hydrogen-bond donors (Lipinski definition) is 2. The van der Waals surface area contributed by atoms with E-state index in [2.05, 4.69) is 24.5 Å². The zero-order valence-electron chi connectivity index (χ0n) is 10.9. The van der Waals surface area contributed by atoms with Crippen LogP contribution in [-0.4, -0.2) is 24.5 Å². The Hall–Kier alpha value is -0.570. The van der Waals surface area contributed by atoms with Gasteiger partial charge >= 0.3 is 0 Å². The van der Waals surface area contributed by atoms with Crippen LogP contribution in [0.3, 0.4) is 0 Å². The summed E-state index contributed by atoms with van der Waals surface area (Å²) in [5, 5.41) is 6.48. The van der Waals surface area contributed by atoms with E-state index in [4.69, 9.17) is 0 Å². The normalized spacial score (nSPS) is 19.2. The van der Waals surface area contributed by atoms with Crippen molar-refractivity contribution < 1.29 is 4.79 Å². The van der Waals surface area contributed by atoms with Gasteiger partial charge in [-0.05, 0) is 38.5 Å². The van der Waals surface area contributed by atoms with E-state index in [1.807, 2.05) is 6.92 Å². The number of amides is 1. The number of carbonyl (C=O) groups excluding carboxylic acids is 1. The van der Waals surface area contributed by atoms with E-state index in [9.17, 15) is 4.79 Å². The predicted molar refractivity (Wildman–Crippen MR) is 67.3 cm³/mol. The molecule has 0 bridgehead atoms. The quantitative estimate of drug-likeness (QED) is 0.665. The molecule has 0 spiro atoms. The fourth-order valence-electron chi connectivity index (χ4n) is 1.96. The van der Waals surface area contributed by atoms with Crippen LogP contribution in [0.1, 0.15) is 52.9 Å². The second-order valence-corrected chi connectivity index (χ2v) is 4.93. The maximum atomic E-state index is 11.5. The first-order valence-corrected chi connectivity index (χ1v) is 6.70. The van der Waals surface area contributed by atoms with Gasteiger partial charge in [0.25, 0.3) is 0 Å². The van der Waals surface area contributed by atoms with Crippen molar-refractivity contribution in [1.82, 2.24) is 10.6 Å². The average Bonchev–Trinajstić information content (AvgIpc) is 3.08. The summed E-state index contributed by atoms with van der Waals surface area (Å²) >= 11 is 0. The molecule has 94 valence electrons. The van der Waals surface area contributed by atoms with Gasteiger partial charge in [0, 0.05) is 25.0 Å². The molecule has 0 saturated heterocycles. The molecule has 3 nitrogen and oxygen atoms in total. The van der Waals surface area contributed by atoms with E-state index in [0.29, 0.717) is 18.5 Å². The minimum atomic E-state index is 0.174. The number of nitrogens with one attached hydrogen (secondary N) is 2. The lowest BCUT2D eigenvalue weighted by Gasteiger charge is -2.16. The lowest BCUT2D eigenvalue weighted by molar-refractivity contribution is -0.121. The summed E-state index contributed by atoms with van der Waals surface area (Å²) in [5.74, 6) is 1.05. The van der Waals surface area contributed by atoms with Crippen LogP contribution in [0.5, 0.6) is 0 Å². The van der Waals surface area contributed by atoms with E-state index in [1.165, 1.54) is 19.3 Å². The fraction of sp³-hybridized carbons (Fsp3) is 0.923. The molecule has 2 atom stereocenters. The Morgan fingerprint density at radius 2 is 2.00 bits per heavy atom. The van der Waals surface area contributed by atoms with E-state index < -0.39 is 0 Å². The minimum absolute atomic E-state index is 0.174. The van der Waals surface area contributed by atoms with Crippen LogP contribution in [0, 0.1) is 5.92 Å². The molecule has 0 aromatic rings. The summed E-state index contributed by atoms with van der Waals surface area (Å²) in [6.45, 7) is 7.17. The third-order valence-corrected chi connectivity index (χ3v) is 3.41. The number of hydrogen-bond acceptors (Lipinski definition) is 2. The summed E-state index contributed by atoms with van der Waals surface area (Å²) in [6, 6.07) is 0.939. The molecule has 0 radical (unpaired) electrons. The van der Waals surface area contributed by atoms with Gasteiger partial charge in [0.2, 0.25) is 5.91 Å². The molecule has 1 aliphatic rings. The van der Waals surface area contributed by atoms with Gasteiger partial charge in [0.15, 0.2) is 0 Å². The van der Waals surface area contributed by atoms with Crippen molar-refractivity contribution >= 4 is 5.91 Å². The van der Waals surface area contributed by atoms with Gasteiger partial charge in [-0.3, -0.25) is 4.79 Å². The van der Waals surface area contributed by atoms with Gasteiger partial charge in [-0.15, -0.1) is 0 Å². The third kappa shape index (κ3) is 4.97. The molecule has 1 aliphatic carbocycles. The predicted octanol–water partition coefficient (Wildman–Crippen LogP) is 2.07. The highest BCUT2D eigenvalue weighted by atomic mass is 16.1. The van der Waals surface area contributed by atoms with Crippen LogP contribution in [0.4, 0.5) is 0 Å². The zero-order valence-corrected chi connectivity index (χ0v) is 10.9. The average molecular weight is 226 g/mol. The number of rotatable bonds is 8. The minimum Gasteiger partial charge on any atom is -0.354 e. The summed E-state index contributed by atoms with van der Waals surface area (Å²) in [6.07, 6.45) is 5.51. The summed E-state index contributed by atoms with van der Waals surface area (Å²) in [4.78, 5) is 11.5. The van der Waals surface area contributed by atoms with Crippen molar-refractivity contribution in [3.8, 4) is 0 Å². The molecule has 0 aromatic carbocycles. The van der Waals surface area contributed by atoms with Gasteiger partial charge in [-0.1, -0.05) is 13.8 Å². The van der Waals surface area contributed by atoms with E-state index in [-0.39, 0.29) is 5.91 Å². The maximum absolute atomic E-state index is 11.5.